The average molecular weight is 351 g/mol. The molecule has 2 aromatic rings. The van der Waals surface area contributed by atoms with Gasteiger partial charge in [0.25, 0.3) is 0 Å². The molecule has 2 aromatic carbocycles. The van der Waals surface area contributed by atoms with Gasteiger partial charge in [0.05, 0.1) is 12.2 Å². The summed E-state index contributed by atoms with van der Waals surface area (Å²) in [5.41, 5.74) is 3.52. The zero-order valence-electron chi connectivity index (χ0n) is 15.0. The summed E-state index contributed by atoms with van der Waals surface area (Å²) in [5.74, 6) is 0.541. The number of phenolic OH excluding ortho intramolecular Hbond substituents is 1. The van der Waals surface area contributed by atoms with Crippen LogP contribution in [0.4, 0.5) is 5.69 Å². The van der Waals surface area contributed by atoms with E-state index in [-0.39, 0.29) is 5.91 Å². The molecule has 1 amide bonds. The summed E-state index contributed by atoms with van der Waals surface area (Å²) in [6.07, 6.45) is 0.947. The van der Waals surface area contributed by atoms with Crippen molar-refractivity contribution in [1.29, 1.82) is 0 Å². The van der Waals surface area contributed by atoms with Crippen LogP contribution in [0.25, 0.3) is 0 Å². The van der Waals surface area contributed by atoms with E-state index in [0.29, 0.717) is 12.3 Å². The van der Waals surface area contributed by atoms with Crippen molar-refractivity contribution in [3.63, 3.8) is 0 Å². The summed E-state index contributed by atoms with van der Waals surface area (Å²) in [6, 6.07) is 15.9. The molecule has 1 saturated heterocycles. The summed E-state index contributed by atoms with van der Waals surface area (Å²) in [6.45, 7) is 5.35. The Morgan fingerprint density at radius 3 is 2.35 bits per heavy atom. The second-order valence-electron chi connectivity index (χ2n) is 7.09. The highest BCUT2D eigenvalue weighted by atomic mass is 16.3. The summed E-state index contributed by atoms with van der Waals surface area (Å²) >= 11 is 0. The van der Waals surface area contributed by atoms with E-state index in [4.69, 9.17) is 0 Å². The molecular weight excluding hydrogens is 326 g/mol. The van der Waals surface area contributed by atoms with Crippen LogP contribution in [0.3, 0.4) is 0 Å². The minimum atomic E-state index is 0.218. The number of aromatic hydroxyl groups is 1. The Morgan fingerprint density at radius 2 is 1.58 bits per heavy atom. The number of amides is 1. The molecule has 5 heteroatoms. The van der Waals surface area contributed by atoms with E-state index in [1.165, 1.54) is 11.1 Å². The zero-order chi connectivity index (χ0) is 17.9. The number of benzene rings is 2. The van der Waals surface area contributed by atoms with Gasteiger partial charge in [-0.2, -0.15) is 0 Å². The van der Waals surface area contributed by atoms with Gasteiger partial charge in [-0.25, -0.2) is 0 Å². The topological polar surface area (TPSA) is 47.0 Å². The van der Waals surface area contributed by atoms with Crippen molar-refractivity contribution in [3.8, 4) is 5.75 Å². The minimum absolute atomic E-state index is 0.218. The highest BCUT2D eigenvalue weighted by Gasteiger charge is 2.25. The molecule has 0 aromatic heterocycles. The van der Waals surface area contributed by atoms with Crippen LogP contribution < -0.4 is 4.90 Å². The Kier molecular flexibility index (Phi) is 4.80. The number of carbonyl (C=O) groups excluding carboxylic acids is 1. The third-order valence-electron chi connectivity index (χ3n) is 5.44. The predicted molar refractivity (Wildman–Crippen MR) is 102 cm³/mol. The molecule has 136 valence electrons. The maximum Gasteiger partial charge on any atom is 0.237 e. The molecule has 1 N–H and O–H groups in total. The number of anilines is 1. The van der Waals surface area contributed by atoms with Gasteiger partial charge in [0.15, 0.2) is 0 Å². The molecule has 0 radical (unpaired) electrons. The number of hydrogen-bond donors (Lipinski definition) is 1. The van der Waals surface area contributed by atoms with Crippen LogP contribution in [0.15, 0.2) is 48.5 Å². The SMILES string of the molecule is O=C(CN1CCN(c2ccccc2O)CC1)N1CCc2ccccc2C1. The lowest BCUT2D eigenvalue weighted by Gasteiger charge is -2.37. The lowest BCUT2D eigenvalue weighted by Crippen LogP contribution is -2.50. The van der Waals surface area contributed by atoms with E-state index in [0.717, 1.165) is 51.4 Å². The predicted octanol–water partition coefficient (Wildman–Crippen LogP) is 2.10. The largest absolute Gasteiger partial charge is 0.506 e. The summed E-state index contributed by atoms with van der Waals surface area (Å²) in [4.78, 5) is 19.1. The van der Waals surface area contributed by atoms with E-state index in [9.17, 15) is 9.90 Å². The number of piperazine rings is 1. The normalized spacial score (nSPS) is 17.8. The molecule has 26 heavy (non-hydrogen) atoms. The first-order valence-corrected chi connectivity index (χ1v) is 9.30. The summed E-state index contributed by atoms with van der Waals surface area (Å²) in [5, 5.41) is 10.0. The van der Waals surface area contributed by atoms with Gasteiger partial charge in [0.2, 0.25) is 5.91 Å². The lowest BCUT2D eigenvalue weighted by atomic mass is 10.00. The zero-order valence-corrected chi connectivity index (χ0v) is 15.0. The fraction of sp³-hybridized carbons (Fsp3) is 0.381. The second-order valence-corrected chi connectivity index (χ2v) is 7.09. The van der Waals surface area contributed by atoms with Gasteiger partial charge in [-0.05, 0) is 29.7 Å². The van der Waals surface area contributed by atoms with Crippen molar-refractivity contribution >= 4 is 11.6 Å². The van der Waals surface area contributed by atoms with Crippen molar-refractivity contribution < 1.29 is 9.90 Å². The number of para-hydroxylation sites is 2. The molecule has 0 spiro atoms. The van der Waals surface area contributed by atoms with Crippen LogP contribution in [0, 0.1) is 0 Å². The first-order chi connectivity index (χ1) is 12.7. The van der Waals surface area contributed by atoms with Crippen LogP contribution in [-0.2, 0) is 17.8 Å². The van der Waals surface area contributed by atoms with Crippen molar-refractivity contribution in [1.82, 2.24) is 9.80 Å². The van der Waals surface area contributed by atoms with Crippen LogP contribution in [0.1, 0.15) is 11.1 Å². The quantitative estimate of drug-likeness (QED) is 0.920. The van der Waals surface area contributed by atoms with E-state index in [1.54, 1.807) is 6.07 Å². The number of fused-ring (bicyclic) bond motifs is 1. The molecule has 0 atom stereocenters. The molecule has 2 aliphatic rings. The van der Waals surface area contributed by atoms with Gasteiger partial charge in [-0.15, -0.1) is 0 Å². The van der Waals surface area contributed by atoms with Gasteiger partial charge in [0.1, 0.15) is 5.75 Å². The first-order valence-electron chi connectivity index (χ1n) is 9.30. The fourth-order valence-electron chi connectivity index (χ4n) is 3.88. The van der Waals surface area contributed by atoms with Gasteiger partial charge >= 0.3 is 0 Å². The number of rotatable bonds is 3. The average Bonchev–Trinajstić information content (AvgIpc) is 2.69. The minimum Gasteiger partial charge on any atom is -0.506 e. The third-order valence-corrected chi connectivity index (χ3v) is 5.44. The third kappa shape index (κ3) is 3.53. The van der Waals surface area contributed by atoms with Crippen molar-refractivity contribution in [2.24, 2.45) is 0 Å². The van der Waals surface area contributed by atoms with Gasteiger partial charge in [-0.1, -0.05) is 36.4 Å². The highest BCUT2D eigenvalue weighted by molar-refractivity contribution is 5.78. The molecule has 0 unspecified atom stereocenters. The number of phenols is 1. The first kappa shape index (κ1) is 16.9. The molecule has 0 bridgehead atoms. The van der Waals surface area contributed by atoms with Crippen LogP contribution in [0.2, 0.25) is 0 Å². The van der Waals surface area contributed by atoms with E-state index >= 15 is 0 Å². The maximum atomic E-state index is 12.7. The second kappa shape index (κ2) is 7.38. The van der Waals surface area contributed by atoms with Gasteiger partial charge in [0, 0.05) is 39.3 Å². The monoisotopic (exact) mass is 351 g/mol. The maximum absolute atomic E-state index is 12.7. The lowest BCUT2D eigenvalue weighted by molar-refractivity contribution is -0.133. The number of hydrogen-bond acceptors (Lipinski definition) is 4. The highest BCUT2D eigenvalue weighted by Crippen LogP contribution is 2.27. The van der Waals surface area contributed by atoms with Gasteiger partial charge < -0.3 is 14.9 Å². The molecule has 0 aliphatic carbocycles. The molecule has 5 nitrogen and oxygen atoms in total. The van der Waals surface area contributed by atoms with Crippen LogP contribution >= 0.6 is 0 Å². The fourth-order valence-corrected chi connectivity index (χ4v) is 3.88. The van der Waals surface area contributed by atoms with E-state index < -0.39 is 0 Å². The Morgan fingerprint density at radius 1 is 0.885 bits per heavy atom. The Hall–Kier alpha value is -2.53. The Balaban J connectivity index is 1.31. The van der Waals surface area contributed by atoms with E-state index in [1.807, 2.05) is 29.2 Å². The summed E-state index contributed by atoms with van der Waals surface area (Å²) < 4.78 is 0. The smallest absolute Gasteiger partial charge is 0.237 e. The molecule has 4 rings (SSSR count). The Bertz CT molecular complexity index is 784. The van der Waals surface area contributed by atoms with Crippen LogP contribution in [0.5, 0.6) is 5.75 Å². The summed E-state index contributed by atoms with van der Waals surface area (Å²) in [7, 11) is 0. The van der Waals surface area contributed by atoms with Crippen molar-refractivity contribution in [2.75, 3.05) is 44.2 Å². The molecule has 2 aliphatic heterocycles. The van der Waals surface area contributed by atoms with Crippen molar-refractivity contribution in [3.05, 3.63) is 59.7 Å². The number of nitrogens with zero attached hydrogens (tertiary/aromatic N) is 3. The molecular formula is C21H25N3O2. The van der Waals surface area contributed by atoms with E-state index in [2.05, 4.69) is 28.0 Å². The van der Waals surface area contributed by atoms with Crippen molar-refractivity contribution in [2.45, 2.75) is 13.0 Å². The van der Waals surface area contributed by atoms with Crippen LogP contribution in [-0.4, -0.2) is 60.1 Å². The molecule has 0 saturated carbocycles. The van der Waals surface area contributed by atoms with Gasteiger partial charge in [-0.3, -0.25) is 9.69 Å². The number of carbonyl (C=O) groups is 1. The Labute approximate surface area is 154 Å². The standard InChI is InChI=1S/C21H25N3O2/c25-20-8-4-3-7-19(20)23-13-11-22(12-14-23)16-21(26)24-10-9-17-5-1-2-6-18(17)15-24/h1-8,25H,9-16H2. The molecule has 1 fully saturated rings. The molecule has 2 heterocycles.